The van der Waals surface area contributed by atoms with Crippen LogP contribution in [0.3, 0.4) is 0 Å². The van der Waals surface area contributed by atoms with Crippen molar-refractivity contribution in [2.45, 2.75) is 19.8 Å². The maximum absolute atomic E-state index is 12.1. The van der Waals surface area contributed by atoms with E-state index in [4.69, 9.17) is 0 Å². The summed E-state index contributed by atoms with van der Waals surface area (Å²) in [4.78, 5) is 26.7. The molecule has 5 heteroatoms. The van der Waals surface area contributed by atoms with Gasteiger partial charge in [0.05, 0.1) is 0 Å². The van der Waals surface area contributed by atoms with Crippen LogP contribution in [0.25, 0.3) is 0 Å². The number of carboxylic acid groups (broad SMARTS) is 1. The van der Waals surface area contributed by atoms with Crippen molar-refractivity contribution in [3.8, 4) is 0 Å². The minimum absolute atomic E-state index is 0.0384. The van der Waals surface area contributed by atoms with E-state index in [9.17, 15) is 14.7 Å². The van der Waals surface area contributed by atoms with Gasteiger partial charge in [-0.1, -0.05) is 25.1 Å². The molecule has 0 unspecified atom stereocenters. The van der Waals surface area contributed by atoms with Gasteiger partial charge < -0.3 is 19.7 Å². The molecule has 114 valence electrons. The number of nitrogens with zero attached hydrogens (tertiary/aromatic N) is 2. The predicted molar refractivity (Wildman–Crippen MR) is 78.6 cm³/mol. The normalized spacial score (nSPS) is 16.6. The Morgan fingerprint density at radius 2 is 1.71 bits per heavy atom. The summed E-state index contributed by atoms with van der Waals surface area (Å²) < 4.78 is 0. The van der Waals surface area contributed by atoms with Crippen LogP contribution >= 0.6 is 0 Å². The largest absolute Gasteiger partial charge is 0.550 e. The van der Waals surface area contributed by atoms with E-state index in [-0.39, 0.29) is 24.7 Å². The fourth-order valence-electron chi connectivity index (χ4n) is 2.64. The average molecular weight is 289 g/mol. The second kappa shape index (κ2) is 7.11. The van der Waals surface area contributed by atoms with Crippen LogP contribution in [-0.2, 0) is 9.59 Å². The van der Waals surface area contributed by atoms with Crippen molar-refractivity contribution in [2.75, 3.05) is 31.1 Å². The number of carbonyl (C=O) groups excluding carboxylic acids is 2. The van der Waals surface area contributed by atoms with Gasteiger partial charge in [0.1, 0.15) is 0 Å². The molecule has 0 spiro atoms. The van der Waals surface area contributed by atoms with Gasteiger partial charge >= 0.3 is 0 Å². The van der Waals surface area contributed by atoms with Gasteiger partial charge in [0, 0.05) is 44.3 Å². The SMILES string of the molecule is C[C@@H](CC(=O)[O-])CC(=O)N1CCN(c2ccccc2)CC1. The van der Waals surface area contributed by atoms with E-state index in [1.165, 1.54) is 5.69 Å². The van der Waals surface area contributed by atoms with Crippen LogP contribution in [0.1, 0.15) is 19.8 Å². The van der Waals surface area contributed by atoms with Crippen molar-refractivity contribution in [3.63, 3.8) is 0 Å². The average Bonchev–Trinajstić information content (AvgIpc) is 2.47. The second-order valence-corrected chi connectivity index (χ2v) is 5.59. The van der Waals surface area contributed by atoms with E-state index in [1.54, 1.807) is 6.92 Å². The molecule has 5 nitrogen and oxygen atoms in total. The smallest absolute Gasteiger partial charge is 0.222 e. The van der Waals surface area contributed by atoms with Gasteiger partial charge in [0.15, 0.2) is 0 Å². The molecule has 2 rings (SSSR count). The summed E-state index contributed by atoms with van der Waals surface area (Å²) in [6.07, 6.45) is 0.217. The molecule has 0 aromatic heterocycles. The molecule has 0 bridgehead atoms. The molecule has 1 atom stereocenters. The lowest BCUT2D eigenvalue weighted by atomic mass is 10.0. The lowest BCUT2D eigenvalue weighted by Crippen LogP contribution is -2.49. The van der Waals surface area contributed by atoms with Gasteiger partial charge in [-0.15, -0.1) is 0 Å². The van der Waals surface area contributed by atoms with Crippen molar-refractivity contribution >= 4 is 17.6 Å². The highest BCUT2D eigenvalue weighted by Crippen LogP contribution is 2.17. The quantitative estimate of drug-likeness (QED) is 0.792. The number of carboxylic acids is 1. The van der Waals surface area contributed by atoms with Gasteiger partial charge in [-0.25, -0.2) is 0 Å². The summed E-state index contributed by atoms with van der Waals surface area (Å²) >= 11 is 0. The summed E-state index contributed by atoms with van der Waals surface area (Å²) in [5, 5.41) is 10.5. The fraction of sp³-hybridized carbons (Fsp3) is 0.500. The highest BCUT2D eigenvalue weighted by Gasteiger charge is 2.22. The first-order valence-corrected chi connectivity index (χ1v) is 7.34. The van der Waals surface area contributed by atoms with Crippen LogP contribution in [0.5, 0.6) is 0 Å². The van der Waals surface area contributed by atoms with Crippen molar-refractivity contribution in [2.24, 2.45) is 5.92 Å². The number of piperazine rings is 1. The summed E-state index contributed by atoms with van der Waals surface area (Å²) in [7, 11) is 0. The first-order valence-electron chi connectivity index (χ1n) is 7.34. The van der Waals surface area contributed by atoms with E-state index in [2.05, 4.69) is 17.0 Å². The van der Waals surface area contributed by atoms with Gasteiger partial charge in [-0.05, 0) is 24.5 Å². The molecule has 1 saturated heterocycles. The van der Waals surface area contributed by atoms with E-state index < -0.39 is 5.97 Å². The highest BCUT2D eigenvalue weighted by atomic mass is 16.4. The number of amides is 1. The van der Waals surface area contributed by atoms with Crippen molar-refractivity contribution in [3.05, 3.63) is 30.3 Å². The number of anilines is 1. The van der Waals surface area contributed by atoms with Crippen molar-refractivity contribution in [1.82, 2.24) is 4.90 Å². The summed E-state index contributed by atoms with van der Waals surface area (Å²) in [5.74, 6) is -1.23. The molecule has 1 aliphatic rings. The van der Waals surface area contributed by atoms with Gasteiger partial charge in [0.2, 0.25) is 5.91 Å². The number of para-hydroxylation sites is 1. The van der Waals surface area contributed by atoms with Gasteiger partial charge in [0.25, 0.3) is 0 Å². The lowest BCUT2D eigenvalue weighted by molar-refractivity contribution is -0.306. The van der Waals surface area contributed by atoms with Crippen molar-refractivity contribution in [1.29, 1.82) is 0 Å². The molecule has 1 fully saturated rings. The Bertz CT molecular complexity index is 482. The maximum Gasteiger partial charge on any atom is 0.222 e. The number of carbonyl (C=O) groups is 2. The van der Waals surface area contributed by atoms with Gasteiger partial charge in [-0.2, -0.15) is 0 Å². The van der Waals surface area contributed by atoms with Crippen LogP contribution in [0, 0.1) is 5.92 Å². The first-order chi connectivity index (χ1) is 10.1. The fourth-order valence-corrected chi connectivity index (χ4v) is 2.64. The standard InChI is InChI=1S/C16H22N2O3/c1-13(12-16(20)21)11-15(19)18-9-7-17(8-10-18)14-5-3-2-4-6-14/h2-6,13H,7-12H2,1H3,(H,20,21)/p-1/t13-/m1/s1. The maximum atomic E-state index is 12.1. The van der Waals surface area contributed by atoms with Crippen LogP contribution in [0.4, 0.5) is 5.69 Å². The molecule has 0 N–H and O–H groups in total. The second-order valence-electron chi connectivity index (χ2n) is 5.59. The zero-order chi connectivity index (χ0) is 15.2. The zero-order valence-corrected chi connectivity index (χ0v) is 12.3. The number of aliphatic carboxylic acids is 1. The summed E-state index contributed by atoms with van der Waals surface area (Å²) in [6, 6.07) is 10.1. The van der Waals surface area contributed by atoms with Crippen LogP contribution in [0.15, 0.2) is 30.3 Å². The molecule has 1 amide bonds. The van der Waals surface area contributed by atoms with Crippen LogP contribution in [-0.4, -0.2) is 43.0 Å². The van der Waals surface area contributed by atoms with E-state index in [1.807, 2.05) is 23.1 Å². The number of benzene rings is 1. The summed E-state index contributed by atoms with van der Waals surface area (Å²) in [5.41, 5.74) is 1.18. The number of rotatable bonds is 5. The topological polar surface area (TPSA) is 63.7 Å². The Labute approximate surface area is 125 Å². The van der Waals surface area contributed by atoms with E-state index in [0.29, 0.717) is 13.1 Å². The Morgan fingerprint density at radius 1 is 1.10 bits per heavy atom. The number of hydrogen-bond donors (Lipinski definition) is 0. The zero-order valence-electron chi connectivity index (χ0n) is 12.3. The minimum atomic E-state index is -1.09. The first kappa shape index (κ1) is 15.4. The third-order valence-electron chi connectivity index (χ3n) is 3.79. The van der Waals surface area contributed by atoms with Crippen molar-refractivity contribution < 1.29 is 14.7 Å². The van der Waals surface area contributed by atoms with E-state index >= 15 is 0 Å². The number of hydrogen-bond acceptors (Lipinski definition) is 4. The molecule has 0 aliphatic carbocycles. The molecule has 1 heterocycles. The molecule has 1 aromatic carbocycles. The molecule has 0 radical (unpaired) electrons. The Kier molecular flexibility index (Phi) is 5.20. The Morgan fingerprint density at radius 3 is 2.29 bits per heavy atom. The molecular formula is C16H21N2O3-. The molecule has 0 saturated carbocycles. The lowest BCUT2D eigenvalue weighted by Gasteiger charge is -2.36. The highest BCUT2D eigenvalue weighted by molar-refractivity contribution is 5.77. The van der Waals surface area contributed by atoms with E-state index in [0.717, 1.165) is 13.1 Å². The minimum Gasteiger partial charge on any atom is -0.550 e. The molecular weight excluding hydrogens is 268 g/mol. The Balaban J connectivity index is 1.81. The van der Waals surface area contributed by atoms with Crippen LogP contribution in [0.2, 0.25) is 0 Å². The predicted octanol–water partition coefficient (Wildman–Crippen LogP) is 0.501. The van der Waals surface area contributed by atoms with Crippen LogP contribution < -0.4 is 10.0 Å². The third kappa shape index (κ3) is 4.48. The van der Waals surface area contributed by atoms with Gasteiger partial charge in [-0.3, -0.25) is 4.79 Å². The third-order valence-corrected chi connectivity index (χ3v) is 3.79. The summed E-state index contributed by atoms with van der Waals surface area (Å²) in [6.45, 7) is 4.76. The molecule has 21 heavy (non-hydrogen) atoms. The Hall–Kier alpha value is -2.04. The molecule has 1 aromatic rings. The molecule has 1 aliphatic heterocycles. The monoisotopic (exact) mass is 289 g/mol.